The van der Waals surface area contributed by atoms with Crippen LogP contribution < -0.4 is 10.2 Å². The smallest absolute Gasteiger partial charge is 0.285 e. The van der Waals surface area contributed by atoms with Crippen molar-refractivity contribution in [3.63, 3.8) is 0 Å². The van der Waals surface area contributed by atoms with Crippen LogP contribution in [0.2, 0.25) is 0 Å². The van der Waals surface area contributed by atoms with E-state index >= 15 is 0 Å². The van der Waals surface area contributed by atoms with Gasteiger partial charge in [0.1, 0.15) is 5.56 Å². The second kappa shape index (κ2) is 10.3. The fraction of sp³-hybridized carbons (Fsp3) is 0.435. The molecule has 0 aromatic heterocycles. The van der Waals surface area contributed by atoms with Crippen molar-refractivity contribution in [2.24, 2.45) is 0 Å². The Morgan fingerprint density at radius 3 is 2.39 bits per heavy atom. The fourth-order valence-corrected chi connectivity index (χ4v) is 5.66. The van der Waals surface area contributed by atoms with E-state index in [1.54, 1.807) is 45.0 Å². The quantitative estimate of drug-likeness (QED) is 0.454. The van der Waals surface area contributed by atoms with Crippen molar-refractivity contribution >= 4 is 33.0 Å². The van der Waals surface area contributed by atoms with Crippen LogP contribution in [-0.4, -0.2) is 49.7 Å². The lowest BCUT2D eigenvalue weighted by Gasteiger charge is -2.31. The van der Waals surface area contributed by atoms with Crippen molar-refractivity contribution in [3.05, 3.63) is 57.6 Å². The number of benzene rings is 2. The van der Waals surface area contributed by atoms with Crippen LogP contribution in [0.3, 0.4) is 0 Å². The van der Waals surface area contributed by atoms with E-state index < -0.39 is 20.9 Å². The monoisotopic (exact) mass is 474 g/mol. The lowest BCUT2D eigenvalue weighted by atomic mass is 10.1. The molecule has 178 valence electrons. The molecule has 1 aliphatic heterocycles. The highest BCUT2D eigenvalue weighted by Gasteiger charge is 2.27. The van der Waals surface area contributed by atoms with Crippen molar-refractivity contribution in [2.75, 3.05) is 36.4 Å². The fourth-order valence-electron chi connectivity index (χ4n) is 4.17. The number of carbonyl (C=O) groups excluding carboxylic acids is 1. The molecule has 3 rings (SSSR count). The number of nitrogens with zero attached hydrogens (tertiary/aromatic N) is 3. The van der Waals surface area contributed by atoms with Crippen molar-refractivity contribution in [1.82, 2.24) is 4.31 Å². The largest absolute Gasteiger partial charge is 0.370 e. The standard InChI is InChI=1S/C23H30N4O5S/c1-4-26(5-2)33(31,32)18-12-13-21(25-14-7-6-8-15-25)20(16-18)24-23(28)19-11-9-10-17(3)22(19)27(29)30/h9-13,16H,4-8,14-15H2,1-3H3,(H,24,28). The molecule has 9 nitrogen and oxygen atoms in total. The van der Waals surface area contributed by atoms with Crippen molar-refractivity contribution in [3.8, 4) is 0 Å². The maximum Gasteiger partial charge on any atom is 0.285 e. The lowest BCUT2D eigenvalue weighted by molar-refractivity contribution is -0.385. The van der Waals surface area contributed by atoms with Crippen LogP contribution in [0.25, 0.3) is 0 Å². The molecule has 1 fully saturated rings. The highest BCUT2D eigenvalue weighted by Crippen LogP contribution is 2.33. The molecule has 0 atom stereocenters. The summed E-state index contributed by atoms with van der Waals surface area (Å²) in [6.45, 7) is 7.33. The summed E-state index contributed by atoms with van der Waals surface area (Å²) in [6, 6.07) is 9.29. The Morgan fingerprint density at radius 1 is 1.12 bits per heavy atom. The Hall–Kier alpha value is -2.98. The molecule has 1 heterocycles. The number of nitrogens with one attached hydrogen (secondary N) is 1. The summed E-state index contributed by atoms with van der Waals surface area (Å²) < 4.78 is 27.5. The molecular weight excluding hydrogens is 444 g/mol. The molecule has 1 aliphatic rings. The SMILES string of the molecule is CCN(CC)S(=O)(=O)c1ccc(N2CCCCC2)c(NC(=O)c2cccc(C)c2[N+](=O)[O-])c1. The van der Waals surface area contributed by atoms with Gasteiger partial charge in [0, 0.05) is 31.7 Å². The molecule has 0 unspecified atom stereocenters. The average Bonchev–Trinajstić information content (AvgIpc) is 2.79. The summed E-state index contributed by atoms with van der Waals surface area (Å²) in [7, 11) is -3.74. The van der Waals surface area contributed by atoms with Crippen molar-refractivity contribution < 1.29 is 18.1 Å². The van der Waals surface area contributed by atoms with E-state index in [0.717, 1.165) is 32.4 Å². The van der Waals surface area contributed by atoms with Crippen LogP contribution in [0.15, 0.2) is 41.3 Å². The second-order valence-corrected chi connectivity index (χ2v) is 9.94. The number of carbonyl (C=O) groups is 1. The van der Waals surface area contributed by atoms with Gasteiger partial charge in [-0.2, -0.15) is 4.31 Å². The first kappa shape index (κ1) is 24.7. The van der Waals surface area contributed by atoms with E-state index in [0.29, 0.717) is 30.0 Å². The number of hydrogen-bond donors (Lipinski definition) is 1. The minimum Gasteiger partial charge on any atom is -0.370 e. The van der Waals surface area contributed by atoms with E-state index in [1.807, 2.05) is 0 Å². The maximum absolute atomic E-state index is 13.1. The first-order valence-corrected chi connectivity index (χ1v) is 12.6. The molecule has 1 saturated heterocycles. The molecule has 0 radical (unpaired) electrons. The number of sulfonamides is 1. The zero-order chi connectivity index (χ0) is 24.2. The van der Waals surface area contributed by atoms with Crippen molar-refractivity contribution in [2.45, 2.75) is 44.9 Å². The zero-order valence-electron chi connectivity index (χ0n) is 19.2. The van der Waals surface area contributed by atoms with Gasteiger partial charge in [0.15, 0.2) is 0 Å². The Morgan fingerprint density at radius 2 is 1.79 bits per heavy atom. The summed E-state index contributed by atoms with van der Waals surface area (Å²) in [6.07, 6.45) is 3.11. The van der Waals surface area contributed by atoms with E-state index in [2.05, 4.69) is 10.2 Å². The van der Waals surface area contributed by atoms with Gasteiger partial charge >= 0.3 is 0 Å². The van der Waals surface area contributed by atoms with Crippen LogP contribution in [0.5, 0.6) is 0 Å². The van der Waals surface area contributed by atoms with E-state index in [9.17, 15) is 23.3 Å². The van der Waals surface area contributed by atoms with E-state index in [-0.39, 0.29) is 16.1 Å². The maximum atomic E-state index is 13.1. The minimum absolute atomic E-state index is 0.0680. The van der Waals surface area contributed by atoms with Crippen LogP contribution >= 0.6 is 0 Å². The van der Waals surface area contributed by atoms with Gasteiger partial charge in [-0.1, -0.05) is 26.0 Å². The summed E-state index contributed by atoms with van der Waals surface area (Å²) in [5.74, 6) is -0.652. The summed E-state index contributed by atoms with van der Waals surface area (Å²) >= 11 is 0. The number of aryl methyl sites for hydroxylation is 1. The summed E-state index contributed by atoms with van der Waals surface area (Å²) in [5, 5.41) is 14.3. The highest BCUT2D eigenvalue weighted by molar-refractivity contribution is 7.89. The van der Waals surface area contributed by atoms with Crippen molar-refractivity contribution in [1.29, 1.82) is 0 Å². The molecule has 2 aromatic carbocycles. The number of amides is 1. The number of nitro benzene ring substituents is 1. The molecule has 10 heteroatoms. The number of piperidine rings is 1. The van der Waals surface area contributed by atoms with Crippen LogP contribution in [0, 0.1) is 17.0 Å². The first-order chi connectivity index (χ1) is 15.7. The first-order valence-electron chi connectivity index (χ1n) is 11.1. The predicted octanol–water partition coefficient (Wildman–Crippen LogP) is 4.18. The normalized spacial score (nSPS) is 14.4. The predicted molar refractivity (Wildman–Crippen MR) is 128 cm³/mol. The Balaban J connectivity index is 2.07. The number of rotatable bonds is 8. The Kier molecular flexibility index (Phi) is 7.70. The molecule has 0 spiro atoms. The van der Waals surface area contributed by atoms with Gasteiger partial charge in [0.2, 0.25) is 10.0 Å². The Labute approximate surface area is 194 Å². The zero-order valence-corrected chi connectivity index (χ0v) is 20.0. The van der Waals surface area contributed by atoms with Gasteiger partial charge in [0.25, 0.3) is 11.6 Å². The van der Waals surface area contributed by atoms with Gasteiger partial charge in [-0.05, 0) is 50.5 Å². The molecule has 0 bridgehead atoms. The topological polar surface area (TPSA) is 113 Å². The summed E-state index contributed by atoms with van der Waals surface area (Å²) in [4.78, 5) is 26.3. The second-order valence-electron chi connectivity index (χ2n) is 8.00. The average molecular weight is 475 g/mol. The molecular formula is C23H30N4O5S. The molecule has 1 N–H and O–H groups in total. The van der Waals surface area contributed by atoms with E-state index in [1.165, 1.54) is 16.4 Å². The molecule has 1 amide bonds. The number of para-hydroxylation sites is 1. The number of anilines is 2. The Bertz CT molecular complexity index is 1140. The molecule has 33 heavy (non-hydrogen) atoms. The van der Waals surface area contributed by atoms with Crippen LogP contribution in [-0.2, 0) is 10.0 Å². The lowest BCUT2D eigenvalue weighted by Crippen LogP contribution is -2.32. The third kappa shape index (κ3) is 5.17. The third-order valence-corrected chi connectivity index (χ3v) is 7.97. The number of nitro groups is 1. The van der Waals surface area contributed by atoms with Gasteiger partial charge in [0.05, 0.1) is 21.2 Å². The van der Waals surface area contributed by atoms with Crippen LogP contribution in [0.4, 0.5) is 17.1 Å². The molecule has 2 aromatic rings. The molecule has 0 saturated carbocycles. The third-order valence-electron chi connectivity index (χ3n) is 5.92. The highest BCUT2D eigenvalue weighted by atomic mass is 32.2. The van der Waals surface area contributed by atoms with E-state index in [4.69, 9.17) is 0 Å². The van der Waals surface area contributed by atoms with Gasteiger partial charge in [-0.25, -0.2) is 8.42 Å². The van der Waals surface area contributed by atoms with Gasteiger partial charge in [-0.3, -0.25) is 14.9 Å². The minimum atomic E-state index is -3.74. The number of hydrogen-bond acceptors (Lipinski definition) is 6. The van der Waals surface area contributed by atoms with Gasteiger partial charge < -0.3 is 10.2 Å². The van der Waals surface area contributed by atoms with Crippen LogP contribution in [0.1, 0.15) is 49.0 Å². The van der Waals surface area contributed by atoms with Gasteiger partial charge in [-0.15, -0.1) is 0 Å². The molecule has 0 aliphatic carbocycles. The summed E-state index contributed by atoms with van der Waals surface area (Å²) in [5.41, 5.74) is 1.08.